The van der Waals surface area contributed by atoms with Gasteiger partial charge in [0, 0.05) is 17.3 Å². The monoisotopic (exact) mass is 237 g/mol. The van der Waals surface area contributed by atoms with Crippen LogP contribution < -0.4 is 0 Å². The highest BCUT2D eigenvalue weighted by Crippen LogP contribution is 2.18. The smallest absolute Gasteiger partial charge is 0.133 e. The van der Waals surface area contributed by atoms with E-state index in [0.29, 0.717) is 11.7 Å². The molecule has 0 spiro atoms. The summed E-state index contributed by atoms with van der Waals surface area (Å²) in [7, 11) is 0. The van der Waals surface area contributed by atoms with Crippen LogP contribution in [0.3, 0.4) is 0 Å². The first-order valence-electron chi connectivity index (χ1n) is 6.01. The van der Waals surface area contributed by atoms with E-state index in [0.717, 1.165) is 38.9 Å². The molecule has 0 aliphatic carbocycles. The molecule has 1 aliphatic rings. The van der Waals surface area contributed by atoms with Crippen LogP contribution in [0, 0.1) is 5.92 Å². The van der Waals surface area contributed by atoms with Crippen molar-refractivity contribution in [3.05, 3.63) is 22.4 Å². The maximum absolute atomic E-state index is 11.2. The number of rotatable bonds is 4. The van der Waals surface area contributed by atoms with Crippen LogP contribution in [0.25, 0.3) is 0 Å². The first-order valence-corrected chi connectivity index (χ1v) is 6.89. The van der Waals surface area contributed by atoms with Crippen LogP contribution in [-0.2, 0) is 11.2 Å². The molecule has 1 saturated heterocycles. The molecule has 2 nitrogen and oxygen atoms in total. The predicted molar refractivity (Wildman–Crippen MR) is 67.9 cm³/mol. The second-order valence-electron chi connectivity index (χ2n) is 4.56. The van der Waals surface area contributed by atoms with Gasteiger partial charge >= 0.3 is 0 Å². The minimum absolute atomic E-state index is 0.331. The van der Waals surface area contributed by atoms with E-state index in [1.165, 1.54) is 4.88 Å². The molecule has 1 aromatic rings. The molecule has 0 radical (unpaired) electrons. The van der Waals surface area contributed by atoms with E-state index in [2.05, 4.69) is 22.4 Å². The van der Waals surface area contributed by atoms with Gasteiger partial charge in [-0.3, -0.25) is 4.79 Å². The molecule has 2 heterocycles. The molecule has 0 amide bonds. The third kappa shape index (κ3) is 3.16. The summed E-state index contributed by atoms with van der Waals surface area (Å²) in [5.41, 5.74) is 0. The van der Waals surface area contributed by atoms with Crippen molar-refractivity contribution in [2.75, 3.05) is 19.6 Å². The first-order chi connectivity index (χ1) is 7.75. The Labute approximate surface area is 101 Å². The molecule has 0 atom stereocenters. The summed E-state index contributed by atoms with van der Waals surface area (Å²) in [4.78, 5) is 15.2. The minimum atomic E-state index is 0.331. The van der Waals surface area contributed by atoms with Gasteiger partial charge in [-0.2, -0.15) is 0 Å². The van der Waals surface area contributed by atoms with Crippen LogP contribution >= 0.6 is 11.3 Å². The zero-order valence-corrected chi connectivity index (χ0v) is 10.6. The van der Waals surface area contributed by atoms with E-state index in [4.69, 9.17) is 0 Å². The van der Waals surface area contributed by atoms with Crippen LogP contribution in [0.15, 0.2) is 17.5 Å². The lowest BCUT2D eigenvalue weighted by molar-refractivity contribution is -0.122. The molecule has 1 aliphatic heterocycles. The van der Waals surface area contributed by atoms with Gasteiger partial charge in [-0.05, 0) is 50.7 Å². The number of piperidine rings is 1. The van der Waals surface area contributed by atoms with E-state index in [9.17, 15) is 4.79 Å². The molecule has 88 valence electrons. The Hall–Kier alpha value is -0.670. The topological polar surface area (TPSA) is 20.3 Å². The van der Waals surface area contributed by atoms with Crippen molar-refractivity contribution in [2.45, 2.75) is 26.2 Å². The molecule has 0 unspecified atom stereocenters. The summed E-state index contributed by atoms with van der Waals surface area (Å²) in [5, 5.41) is 2.14. The fourth-order valence-electron chi connectivity index (χ4n) is 2.29. The summed E-state index contributed by atoms with van der Waals surface area (Å²) >= 11 is 1.84. The molecule has 16 heavy (non-hydrogen) atoms. The van der Waals surface area contributed by atoms with Gasteiger partial charge in [0.15, 0.2) is 0 Å². The zero-order chi connectivity index (χ0) is 11.4. The molecule has 0 bridgehead atoms. The maximum atomic E-state index is 11.2. The summed E-state index contributed by atoms with van der Waals surface area (Å²) in [5.74, 6) is 0.705. The fraction of sp³-hybridized carbons (Fsp3) is 0.615. The first kappa shape index (κ1) is 11.8. The molecule has 0 aromatic carbocycles. The maximum Gasteiger partial charge on any atom is 0.133 e. The summed E-state index contributed by atoms with van der Waals surface area (Å²) in [6.45, 7) is 5.06. The number of likely N-dealkylation sites (tertiary alicyclic amines) is 1. The number of thiophene rings is 1. The lowest BCUT2D eigenvalue weighted by atomic mass is 9.93. The Morgan fingerprint density at radius 1 is 1.50 bits per heavy atom. The Kier molecular flexibility index (Phi) is 4.13. The highest BCUT2D eigenvalue weighted by atomic mass is 32.1. The van der Waals surface area contributed by atoms with E-state index >= 15 is 0 Å². The standard InChI is InChI=1S/C13H19NOS/c1-11(15)12-4-7-14(8-5-12)9-6-13-3-2-10-16-13/h2-3,10,12H,4-9H2,1H3. The number of hydrogen-bond donors (Lipinski definition) is 0. The Morgan fingerprint density at radius 2 is 2.25 bits per heavy atom. The van der Waals surface area contributed by atoms with Gasteiger partial charge in [-0.25, -0.2) is 0 Å². The number of carbonyl (C=O) groups is 1. The highest BCUT2D eigenvalue weighted by molar-refractivity contribution is 7.09. The van der Waals surface area contributed by atoms with Gasteiger partial charge in [0.2, 0.25) is 0 Å². The van der Waals surface area contributed by atoms with Crippen molar-refractivity contribution in [2.24, 2.45) is 5.92 Å². The van der Waals surface area contributed by atoms with E-state index in [1.54, 1.807) is 6.92 Å². The second-order valence-corrected chi connectivity index (χ2v) is 5.59. The van der Waals surface area contributed by atoms with E-state index in [1.807, 2.05) is 11.3 Å². The Bertz CT molecular complexity index is 326. The van der Waals surface area contributed by atoms with Crippen molar-refractivity contribution in [1.82, 2.24) is 4.90 Å². The van der Waals surface area contributed by atoms with Crippen molar-refractivity contribution in [1.29, 1.82) is 0 Å². The van der Waals surface area contributed by atoms with Crippen molar-refractivity contribution < 1.29 is 4.79 Å². The van der Waals surface area contributed by atoms with Crippen LogP contribution in [0.4, 0.5) is 0 Å². The molecule has 3 heteroatoms. The Morgan fingerprint density at radius 3 is 2.81 bits per heavy atom. The van der Waals surface area contributed by atoms with Gasteiger partial charge in [-0.1, -0.05) is 6.07 Å². The molecule has 2 rings (SSSR count). The number of hydrogen-bond acceptors (Lipinski definition) is 3. The van der Waals surface area contributed by atoms with Crippen LogP contribution in [0.5, 0.6) is 0 Å². The summed E-state index contributed by atoms with van der Waals surface area (Å²) in [6, 6.07) is 4.31. The van der Waals surface area contributed by atoms with E-state index < -0.39 is 0 Å². The molecule has 0 saturated carbocycles. The van der Waals surface area contributed by atoms with Gasteiger partial charge in [-0.15, -0.1) is 11.3 Å². The molecular weight excluding hydrogens is 218 g/mol. The second kappa shape index (κ2) is 5.60. The van der Waals surface area contributed by atoms with Gasteiger partial charge < -0.3 is 4.90 Å². The highest BCUT2D eigenvalue weighted by Gasteiger charge is 2.21. The minimum Gasteiger partial charge on any atom is -0.303 e. The number of nitrogens with zero attached hydrogens (tertiary/aromatic N) is 1. The normalized spacial score (nSPS) is 18.8. The van der Waals surface area contributed by atoms with Crippen LogP contribution in [0.1, 0.15) is 24.6 Å². The third-order valence-corrected chi connectivity index (χ3v) is 4.35. The zero-order valence-electron chi connectivity index (χ0n) is 9.82. The summed E-state index contributed by atoms with van der Waals surface area (Å²) in [6.07, 6.45) is 3.27. The number of ketones is 1. The average Bonchev–Trinajstić information content (AvgIpc) is 2.80. The van der Waals surface area contributed by atoms with E-state index in [-0.39, 0.29) is 0 Å². The SMILES string of the molecule is CC(=O)C1CCN(CCc2cccs2)CC1. The third-order valence-electron chi connectivity index (χ3n) is 3.42. The lowest BCUT2D eigenvalue weighted by Crippen LogP contribution is -2.36. The van der Waals surface area contributed by atoms with Crippen LogP contribution in [-0.4, -0.2) is 30.3 Å². The fourth-order valence-corrected chi connectivity index (χ4v) is 2.98. The van der Waals surface area contributed by atoms with Crippen molar-refractivity contribution in [3.63, 3.8) is 0 Å². The lowest BCUT2D eigenvalue weighted by Gasteiger charge is -2.30. The number of carbonyl (C=O) groups excluding carboxylic acids is 1. The molecule has 1 fully saturated rings. The van der Waals surface area contributed by atoms with Crippen LogP contribution in [0.2, 0.25) is 0 Å². The largest absolute Gasteiger partial charge is 0.303 e. The van der Waals surface area contributed by atoms with Gasteiger partial charge in [0.05, 0.1) is 0 Å². The average molecular weight is 237 g/mol. The predicted octanol–water partition coefficient (Wildman–Crippen LogP) is 2.59. The number of Topliss-reactive ketones (excluding diaryl/α,β-unsaturated/α-hetero) is 1. The molecule has 1 aromatic heterocycles. The van der Waals surface area contributed by atoms with Crippen molar-refractivity contribution in [3.8, 4) is 0 Å². The summed E-state index contributed by atoms with van der Waals surface area (Å²) < 4.78 is 0. The Balaban J connectivity index is 1.71. The van der Waals surface area contributed by atoms with Gasteiger partial charge in [0.1, 0.15) is 5.78 Å². The molecular formula is C13H19NOS. The molecule has 0 N–H and O–H groups in total. The quantitative estimate of drug-likeness (QED) is 0.802. The van der Waals surface area contributed by atoms with Crippen molar-refractivity contribution >= 4 is 17.1 Å². The van der Waals surface area contributed by atoms with Gasteiger partial charge in [0.25, 0.3) is 0 Å².